The Hall–Kier alpha value is -1.66. The zero-order valence-electron chi connectivity index (χ0n) is 10.7. The van der Waals surface area contributed by atoms with Gasteiger partial charge in [-0.15, -0.1) is 0 Å². The fourth-order valence-corrected chi connectivity index (χ4v) is 1.89. The molecule has 6 nitrogen and oxygen atoms in total. The van der Waals surface area contributed by atoms with Crippen molar-refractivity contribution in [1.29, 1.82) is 0 Å². The number of hydrogen-bond donors (Lipinski definition) is 2. The Labute approximate surface area is 116 Å². The van der Waals surface area contributed by atoms with E-state index >= 15 is 0 Å². The maximum absolute atomic E-state index is 11.7. The third-order valence-electron chi connectivity index (χ3n) is 2.50. The van der Waals surface area contributed by atoms with Crippen molar-refractivity contribution < 1.29 is 19.0 Å². The minimum absolute atomic E-state index is 0.0993. The molecule has 0 aromatic heterocycles. The number of fused-ring (bicyclic) bond motifs is 1. The molecule has 0 saturated carbocycles. The average molecular weight is 287 g/mol. The molecule has 2 rings (SSSR count). The van der Waals surface area contributed by atoms with Crippen LogP contribution < -0.4 is 20.1 Å². The summed E-state index contributed by atoms with van der Waals surface area (Å²) in [7, 11) is 1.57. The zero-order chi connectivity index (χ0) is 13.8. The SMILES string of the molecule is COCC(C)NC(=O)Nc1cc2c(cc1Cl)OCO2. The van der Waals surface area contributed by atoms with Crippen molar-refractivity contribution in [3.63, 3.8) is 0 Å². The number of anilines is 1. The summed E-state index contributed by atoms with van der Waals surface area (Å²) in [5.74, 6) is 1.13. The summed E-state index contributed by atoms with van der Waals surface area (Å²) in [6, 6.07) is 2.78. The number of benzene rings is 1. The maximum atomic E-state index is 11.7. The van der Waals surface area contributed by atoms with Crippen LogP contribution in [0, 0.1) is 0 Å². The lowest BCUT2D eigenvalue weighted by atomic mass is 10.2. The summed E-state index contributed by atoms with van der Waals surface area (Å²) in [6.45, 7) is 2.43. The molecule has 1 aliphatic rings. The monoisotopic (exact) mass is 286 g/mol. The van der Waals surface area contributed by atoms with Crippen molar-refractivity contribution in [2.75, 3.05) is 25.8 Å². The van der Waals surface area contributed by atoms with E-state index in [1.165, 1.54) is 0 Å². The summed E-state index contributed by atoms with van der Waals surface area (Å²) in [5, 5.41) is 5.76. The van der Waals surface area contributed by atoms with E-state index in [-0.39, 0.29) is 18.9 Å². The quantitative estimate of drug-likeness (QED) is 0.890. The van der Waals surface area contributed by atoms with E-state index in [0.29, 0.717) is 28.8 Å². The smallest absolute Gasteiger partial charge is 0.319 e. The standard InChI is InChI=1S/C12H15ClN2O4/c1-7(5-17-2)14-12(16)15-9-4-11-10(3-8(9)13)18-6-19-11/h3-4,7H,5-6H2,1-2H3,(H2,14,15,16). The number of amides is 2. The van der Waals surface area contributed by atoms with Crippen LogP contribution in [0.1, 0.15) is 6.92 Å². The number of carbonyl (C=O) groups excluding carboxylic acids is 1. The maximum Gasteiger partial charge on any atom is 0.319 e. The number of carbonyl (C=O) groups is 1. The molecule has 1 heterocycles. The molecular weight excluding hydrogens is 272 g/mol. The second-order valence-electron chi connectivity index (χ2n) is 4.14. The molecule has 1 aromatic carbocycles. The highest BCUT2D eigenvalue weighted by atomic mass is 35.5. The van der Waals surface area contributed by atoms with Crippen molar-refractivity contribution in [3.05, 3.63) is 17.2 Å². The van der Waals surface area contributed by atoms with Crippen molar-refractivity contribution in [2.24, 2.45) is 0 Å². The number of methoxy groups -OCH3 is 1. The van der Waals surface area contributed by atoms with Gasteiger partial charge in [0.15, 0.2) is 11.5 Å². The largest absolute Gasteiger partial charge is 0.454 e. The lowest BCUT2D eigenvalue weighted by Crippen LogP contribution is -2.38. The summed E-state index contributed by atoms with van der Waals surface area (Å²) in [4.78, 5) is 11.7. The van der Waals surface area contributed by atoms with Gasteiger partial charge in [0, 0.05) is 19.2 Å². The zero-order valence-corrected chi connectivity index (χ0v) is 11.4. The molecule has 0 bridgehead atoms. The summed E-state index contributed by atoms with van der Waals surface area (Å²) < 4.78 is 15.3. The van der Waals surface area contributed by atoms with Crippen LogP contribution in [0.2, 0.25) is 5.02 Å². The van der Waals surface area contributed by atoms with Crippen LogP contribution in [0.4, 0.5) is 10.5 Å². The van der Waals surface area contributed by atoms with Crippen LogP contribution in [0.25, 0.3) is 0 Å². The van der Waals surface area contributed by atoms with E-state index in [2.05, 4.69) is 10.6 Å². The molecule has 7 heteroatoms. The lowest BCUT2D eigenvalue weighted by molar-refractivity contribution is 0.173. The molecule has 0 radical (unpaired) electrons. The van der Waals surface area contributed by atoms with Crippen LogP contribution in [0.15, 0.2) is 12.1 Å². The van der Waals surface area contributed by atoms with Gasteiger partial charge in [-0.25, -0.2) is 4.79 Å². The number of urea groups is 1. The van der Waals surface area contributed by atoms with Crippen LogP contribution in [-0.2, 0) is 4.74 Å². The Bertz CT molecular complexity index is 481. The van der Waals surface area contributed by atoms with Gasteiger partial charge in [-0.3, -0.25) is 0 Å². The highest BCUT2D eigenvalue weighted by Crippen LogP contribution is 2.39. The van der Waals surface area contributed by atoms with Crippen molar-refractivity contribution in [3.8, 4) is 11.5 Å². The van der Waals surface area contributed by atoms with Gasteiger partial charge in [0.2, 0.25) is 6.79 Å². The minimum Gasteiger partial charge on any atom is -0.454 e. The molecule has 1 aliphatic heterocycles. The summed E-state index contributed by atoms with van der Waals surface area (Å²) >= 11 is 6.05. The first-order chi connectivity index (χ1) is 9.10. The van der Waals surface area contributed by atoms with Gasteiger partial charge in [0.25, 0.3) is 0 Å². The molecule has 1 unspecified atom stereocenters. The fourth-order valence-electron chi connectivity index (χ4n) is 1.69. The van der Waals surface area contributed by atoms with Crippen molar-refractivity contribution in [1.82, 2.24) is 5.32 Å². The highest BCUT2D eigenvalue weighted by Gasteiger charge is 2.18. The molecule has 2 N–H and O–H groups in total. The fraction of sp³-hybridized carbons (Fsp3) is 0.417. The van der Waals surface area contributed by atoms with Gasteiger partial charge >= 0.3 is 6.03 Å². The Morgan fingerprint density at radius 2 is 2.16 bits per heavy atom. The number of rotatable bonds is 4. The number of nitrogens with one attached hydrogen (secondary N) is 2. The van der Waals surface area contributed by atoms with Crippen molar-refractivity contribution in [2.45, 2.75) is 13.0 Å². The third-order valence-corrected chi connectivity index (χ3v) is 2.82. The Balaban J connectivity index is 2.01. The highest BCUT2D eigenvalue weighted by molar-refractivity contribution is 6.34. The molecular formula is C12H15ClN2O4. The van der Waals surface area contributed by atoms with Gasteiger partial charge in [-0.2, -0.15) is 0 Å². The van der Waals surface area contributed by atoms with E-state index in [1.54, 1.807) is 19.2 Å². The second-order valence-corrected chi connectivity index (χ2v) is 4.55. The Morgan fingerprint density at radius 1 is 1.47 bits per heavy atom. The average Bonchev–Trinajstić information content (AvgIpc) is 2.76. The Morgan fingerprint density at radius 3 is 2.84 bits per heavy atom. The van der Waals surface area contributed by atoms with E-state index in [0.717, 1.165) is 0 Å². The predicted octanol–water partition coefficient (Wildman–Crippen LogP) is 2.23. The van der Waals surface area contributed by atoms with E-state index in [1.807, 2.05) is 6.92 Å². The molecule has 1 aromatic rings. The van der Waals surface area contributed by atoms with Gasteiger partial charge in [-0.05, 0) is 6.92 Å². The third kappa shape index (κ3) is 3.42. The predicted molar refractivity (Wildman–Crippen MR) is 71.1 cm³/mol. The number of ether oxygens (including phenoxy) is 3. The van der Waals surface area contributed by atoms with Crippen LogP contribution in [-0.4, -0.2) is 32.6 Å². The lowest BCUT2D eigenvalue weighted by Gasteiger charge is -2.14. The first-order valence-electron chi connectivity index (χ1n) is 5.75. The second kappa shape index (κ2) is 5.99. The molecule has 1 atom stereocenters. The van der Waals surface area contributed by atoms with Gasteiger partial charge in [0.1, 0.15) is 0 Å². The van der Waals surface area contributed by atoms with E-state index in [4.69, 9.17) is 25.8 Å². The molecule has 0 fully saturated rings. The summed E-state index contributed by atoms with van der Waals surface area (Å²) in [6.07, 6.45) is 0. The van der Waals surface area contributed by atoms with Gasteiger partial charge < -0.3 is 24.8 Å². The van der Waals surface area contributed by atoms with Crippen LogP contribution >= 0.6 is 11.6 Å². The van der Waals surface area contributed by atoms with Gasteiger partial charge in [-0.1, -0.05) is 11.6 Å². The molecule has 104 valence electrons. The topological polar surface area (TPSA) is 68.8 Å². The van der Waals surface area contributed by atoms with Crippen LogP contribution in [0.5, 0.6) is 11.5 Å². The summed E-state index contributed by atoms with van der Waals surface area (Å²) in [5.41, 5.74) is 0.466. The molecule has 0 spiro atoms. The molecule has 19 heavy (non-hydrogen) atoms. The number of hydrogen-bond acceptors (Lipinski definition) is 4. The minimum atomic E-state index is -0.356. The van der Waals surface area contributed by atoms with Crippen molar-refractivity contribution >= 4 is 23.3 Å². The van der Waals surface area contributed by atoms with Crippen LogP contribution in [0.3, 0.4) is 0 Å². The molecule has 2 amide bonds. The van der Waals surface area contributed by atoms with E-state index < -0.39 is 0 Å². The van der Waals surface area contributed by atoms with E-state index in [9.17, 15) is 4.79 Å². The first kappa shape index (κ1) is 13.8. The normalized spacial score (nSPS) is 14.1. The Kier molecular flexibility index (Phi) is 4.34. The van der Waals surface area contributed by atoms with Gasteiger partial charge in [0.05, 0.1) is 23.4 Å². The first-order valence-corrected chi connectivity index (χ1v) is 6.13. The molecule has 0 saturated heterocycles. The number of halogens is 1. The molecule has 0 aliphatic carbocycles.